The lowest BCUT2D eigenvalue weighted by molar-refractivity contribution is 1.46. The van der Waals surface area contributed by atoms with Crippen LogP contribution in [0.3, 0.4) is 0 Å². The molecule has 0 unspecified atom stereocenters. The molecule has 1 rings (SSSR count). The second kappa shape index (κ2) is 3.88. The summed E-state index contributed by atoms with van der Waals surface area (Å²) in [4.78, 5) is 4.02. The zero-order chi connectivity index (χ0) is 9.90. The predicted octanol–water partition coefficient (Wildman–Crippen LogP) is 2.28. The summed E-state index contributed by atoms with van der Waals surface area (Å²) >= 11 is 0. The van der Waals surface area contributed by atoms with Gasteiger partial charge in [-0.2, -0.15) is 0 Å². The van der Waals surface area contributed by atoms with E-state index >= 15 is 0 Å². The topological polar surface area (TPSA) is 12.4 Å². The summed E-state index contributed by atoms with van der Waals surface area (Å²) in [6.45, 7) is 7.07. The van der Waals surface area contributed by atoms with Gasteiger partial charge in [0.05, 0.1) is 8.07 Å². The molecule has 1 aromatic rings. The van der Waals surface area contributed by atoms with Crippen molar-refractivity contribution in [1.29, 1.82) is 0 Å². The highest BCUT2D eigenvalue weighted by molar-refractivity contribution is 6.88. The highest BCUT2D eigenvalue weighted by Crippen LogP contribution is 2.03. The standard InChI is InChI=1S/C11H17NSi/c1-12-9-10-6-5-7-11(8-10)13(2,3)4/h5-9H,1-4H3. The van der Waals surface area contributed by atoms with Crippen LogP contribution in [0.5, 0.6) is 0 Å². The molecule has 0 aliphatic heterocycles. The van der Waals surface area contributed by atoms with Crippen LogP contribution in [-0.2, 0) is 0 Å². The molecule has 2 heteroatoms. The molecule has 0 aliphatic carbocycles. The van der Waals surface area contributed by atoms with E-state index in [0.717, 1.165) is 0 Å². The van der Waals surface area contributed by atoms with Gasteiger partial charge in [0.25, 0.3) is 0 Å². The van der Waals surface area contributed by atoms with Crippen molar-refractivity contribution in [3.8, 4) is 0 Å². The van der Waals surface area contributed by atoms with Crippen molar-refractivity contribution in [2.24, 2.45) is 4.99 Å². The third-order valence-corrected chi connectivity index (χ3v) is 4.07. The first-order chi connectivity index (χ1) is 6.04. The molecule has 0 aliphatic rings. The fraction of sp³-hybridized carbons (Fsp3) is 0.364. The summed E-state index contributed by atoms with van der Waals surface area (Å²) in [5.41, 5.74) is 1.21. The molecule has 1 nitrogen and oxygen atoms in total. The van der Waals surface area contributed by atoms with E-state index < -0.39 is 8.07 Å². The molecule has 0 amide bonds. The quantitative estimate of drug-likeness (QED) is 0.502. The maximum absolute atomic E-state index is 4.02. The Hall–Kier alpha value is -0.893. The normalized spacial score (nSPS) is 12.3. The predicted molar refractivity (Wildman–Crippen MR) is 62.9 cm³/mol. The lowest BCUT2D eigenvalue weighted by Crippen LogP contribution is -2.37. The Kier molecular flexibility index (Phi) is 3.04. The second-order valence-corrected chi connectivity index (χ2v) is 9.34. The van der Waals surface area contributed by atoms with E-state index in [0.29, 0.717) is 0 Å². The van der Waals surface area contributed by atoms with Crippen molar-refractivity contribution in [2.45, 2.75) is 19.6 Å². The monoisotopic (exact) mass is 191 g/mol. The molecule has 0 saturated heterocycles. The number of aliphatic imine (C=N–C) groups is 1. The van der Waals surface area contributed by atoms with Crippen LogP contribution in [0.25, 0.3) is 0 Å². The van der Waals surface area contributed by atoms with Gasteiger partial charge in [-0.15, -0.1) is 0 Å². The Bertz CT molecular complexity index is 310. The smallest absolute Gasteiger partial charge is 0.0776 e. The minimum atomic E-state index is -1.16. The van der Waals surface area contributed by atoms with Gasteiger partial charge in [0.2, 0.25) is 0 Å². The average molecular weight is 191 g/mol. The number of rotatable bonds is 2. The van der Waals surface area contributed by atoms with Gasteiger partial charge in [0, 0.05) is 13.3 Å². The second-order valence-electron chi connectivity index (χ2n) is 4.26. The van der Waals surface area contributed by atoms with Crippen molar-refractivity contribution >= 4 is 19.5 Å². The minimum absolute atomic E-state index is 1.16. The van der Waals surface area contributed by atoms with Gasteiger partial charge >= 0.3 is 0 Å². The van der Waals surface area contributed by atoms with Crippen LogP contribution in [0.1, 0.15) is 5.56 Å². The van der Waals surface area contributed by atoms with E-state index in [1.165, 1.54) is 10.8 Å². The summed E-state index contributed by atoms with van der Waals surface area (Å²) in [5.74, 6) is 0. The zero-order valence-corrected chi connectivity index (χ0v) is 9.83. The molecule has 0 bridgehead atoms. The van der Waals surface area contributed by atoms with Gasteiger partial charge in [-0.25, -0.2) is 0 Å². The van der Waals surface area contributed by atoms with Gasteiger partial charge in [-0.3, -0.25) is 4.99 Å². The molecule has 0 saturated carbocycles. The van der Waals surface area contributed by atoms with E-state index in [-0.39, 0.29) is 0 Å². The molecular formula is C11H17NSi. The van der Waals surface area contributed by atoms with Gasteiger partial charge in [0.1, 0.15) is 0 Å². The molecule has 0 aromatic heterocycles. The maximum Gasteiger partial charge on any atom is 0.0776 e. The summed E-state index contributed by atoms with van der Waals surface area (Å²) < 4.78 is 0. The largest absolute Gasteiger partial charge is 0.296 e. The van der Waals surface area contributed by atoms with Gasteiger partial charge in [-0.05, 0) is 5.56 Å². The van der Waals surface area contributed by atoms with Crippen LogP contribution in [0.2, 0.25) is 19.6 Å². The molecule has 1 aromatic carbocycles. The Morgan fingerprint density at radius 1 is 1.23 bits per heavy atom. The molecular weight excluding hydrogens is 174 g/mol. The number of benzene rings is 1. The Morgan fingerprint density at radius 2 is 1.92 bits per heavy atom. The molecule has 0 fully saturated rings. The highest BCUT2D eigenvalue weighted by atomic mass is 28.3. The molecule has 0 spiro atoms. The van der Waals surface area contributed by atoms with Crippen molar-refractivity contribution in [2.75, 3.05) is 7.05 Å². The van der Waals surface area contributed by atoms with Crippen molar-refractivity contribution in [3.63, 3.8) is 0 Å². The van der Waals surface area contributed by atoms with Crippen LogP contribution in [0.4, 0.5) is 0 Å². The molecule has 0 radical (unpaired) electrons. The first-order valence-electron chi connectivity index (χ1n) is 4.57. The van der Waals surface area contributed by atoms with E-state index in [1.807, 2.05) is 6.21 Å². The maximum atomic E-state index is 4.02. The van der Waals surface area contributed by atoms with Crippen molar-refractivity contribution in [3.05, 3.63) is 29.8 Å². The van der Waals surface area contributed by atoms with E-state index in [2.05, 4.69) is 48.9 Å². The Balaban J connectivity index is 3.05. The van der Waals surface area contributed by atoms with Crippen molar-refractivity contribution in [1.82, 2.24) is 0 Å². The molecule has 70 valence electrons. The van der Waals surface area contributed by atoms with Crippen LogP contribution in [0.15, 0.2) is 29.3 Å². The zero-order valence-electron chi connectivity index (χ0n) is 8.83. The van der Waals surface area contributed by atoms with Crippen LogP contribution in [-0.4, -0.2) is 21.3 Å². The van der Waals surface area contributed by atoms with Crippen LogP contribution >= 0.6 is 0 Å². The Morgan fingerprint density at radius 3 is 2.46 bits per heavy atom. The fourth-order valence-electron chi connectivity index (χ4n) is 1.23. The summed E-state index contributed by atoms with van der Waals surface area (Å²) in [7, 11) is 0.651. The fourth-order valence-corrected chi connectivity index (χ4v) is 2.43. The first-order valence-corrected chi connectivity index (χ1v) is 8.07. The lowest BCUT2D eigenvalue weighted by atomic mass is 10.2. The third-order valence-electron chi connectivity index (χ3n) is 2.03. The minimum Gasteiger partial charge on any atom is -0.296 e. The number of hydrogen-bond donors (Lipinski definition) is 0. The summed E-state index contributed by atoms with van der Waals surface area (Å²) in [6, 6.07) is 8.68. The first kappa shape index (κ1) is 10.2. The van der Waals surface area contributed by atoms with Gasteiger partial charge in [-0.1, -0.05) is 49.1 Å². The van der Waals surface area contributed by atoms with Gasteiger partial charge in [0.15, 0.2) is 0 Å². The lowest BCUT2D eigenvalue weighted by Gasteiger charge is -2.16. The number of nitrogens with zero attached hydrogens (tertiary/aromatic N) is 1. The van der Waals surface area contributed by atoms with Gasteiger partial charge < -0.3 is 0 Å². The molecule has 13 heavy (non-hydrogen) atoms. The SMILES string of the molecule is CN=Cc1cccc([Si](C)(C)C)c1. The molecule has 0 heterocycles. The summed E-state index contributed by atoms with van der Waals surface area (Å²) in [6.07, 6.45) is 1.91. The number of hydrogen-bond acceptors (Lipinski definition) is 1. The average Bonchev–Trinajstić information content (AvgIpc) is 2.04. The highest BCUT2D eigenvalue weighted by Gasteiger charge is 2.15. The molecule has 0 N–H and O–H groups in total. The van der Waals surface area contributed by atoms with Crippen molar-refractivity contribution < 1.29 is 0 Å². The van der Waals surface area contributed by atoms with E-state index in [1.54, 1.807) is 7.05 Å². The van der Waals surface area contributed by atoms with E-state index in [9.17, 15) is 0 Å². The van der Waals surface area contributed by atoms with E-state index in [4.69, 9.17) is 0 Å². The van der Waals surface area contributed by atoms with Crippen LogP contribution < -0.4 is 5.19 Å². The summed E-state index contributed by atoms with van der Waals surface area (Å²) in [5, 5.41) is 1.49. The Labute approximate surface area is 81.5 Å². The molecule has 0 atom stereocenters. The van der Waals surface area contributed by atoms with Crippen LogP contribution in [0, 0.1) is 0 Å². The third kappa shape index (κ3) is 2.81.